The molecule has 250 valence electrons. The summed E-state index contributed by atoms with van der Waals surface area (Å²) in [6.45, 7) is 11.0. The van der Waals surface area contributed by atoms with Gasteiger partial charge in [0.2, 0.25) is 5.91 Å². The average Bonchev–Trinajstić information content (AvgIpc) is 2.96. The first-order valence-electron chi connectivity index (χ1n) is 14.7. The molecule has 46 heavy (non-hydrogen) atoms. The van der Waals surface area contributed by atoms with Crippen molar-refractivity contribution in [1.82, 2.24) is 14.9 Å². The van der Waals surface area contributed by atoms with Crippen LogP contribution in [-0.4, -0.2) is 48.2 Å². The number of aromatic nitrogens is 2. The van der Waals surface area contributed by atoms with Gasteiger partial charge < -0.3 is 14.5 Å². The molecule has 2 amide bonds. The summed E-state index contributed by atoms with van der Waals surface area (Å²) < 4.78 is 68.9. The number of alkyl halides is 3. The first-order chi connectivity index (χ1) is 21.3. The molecule has 14 heteroatoms. The van der Waals surface area contributed by atoms with Crippen molar-refractivity contribution in [1.29, 1.82) is 0 Å². The molecule has 2 N–H and O–H groups in total. The smallest absolute Gasteiger partial charge is 0.415 e. The van der Waals surface area contributed by atoms with Gasteiger partial charge in [-0.2, -0.15) is 13.2 Å². The molecule has 1 heterocycles. The Morgan fingerprint density at radius 3 is 2.15 bits per heavy atom. The van der Waals surface area contributed by atoms with Crippen LogP contribution >= 0.6 is 0 Å². The third-order valence-electron chi connectivity index (χ3n) is 7.82. The summed E-state index contributed by atoms with van der Waals surface area (Å²) in [6.07, 6.45) is -7.03. The number of benzene rings is 2. The highest BCUT2D eigenvalue weighted by atomic mass is 28.4. The number of hydrogen-bond donors (Lipinski definition) is 2. The van der Waals surface area contributed by atoms with Gasteiger partial charge in [0, 0.05) is 5.56 Å². The molecule has 3 rings (SSSR count). The Morgan fingerprint density at radius 2 is 1.61 bits per heavy atom. The summed E-state index contributed by atoms with van der Waals surface area (Å²) in [5.74, 6) is -2.27. The molecule has 2 aromatic carbocycles. The van der Waals surface area contributed by atoms with Crippen LogP contribution in [0.1, 0.15) is 40.2 Å². The molecule has 0 fully saturated rings. The zero-order valence-corrected chi connectivity index (χ0v) is 27.9. The quantitative estimate of drug-likeness (QED) is 0.171. The monoisotopic (exact) mass is 664 g/mol. The van der Waals surface area contributed by atoms with Gasteiger partial charge in [0.25, 0.3) is 5.56 Å². The van der Waals surface area contributed by atoms with E-state index in [4.69, 9.17) is 9.16 Å². The Balaban J connectivity index is 1.94. The summed E-state index contributed by atoms with van der Waals surface area (Å²) in [5.41, 5.74) is -0.274. The molecular weight excluding hydrogens is 624 g/mol. The Kier molecular flexibility index (Phi) is 11.5. The Morgan fingerprint density at radius 1 is 1.00 bits per heavy atom. The molecule has 2 unspecified atom stereocenters. The van der Waals surface area contributed by atoms with Crippen LogP contribution in [0.4, 0.5) is 28.0 Å². The van der Waals surface area contributed by atoms with E-state index in [1.54, 1.807) is 43.4 Å². The van der Waals surface area contributed by atoms with Crippen LogP contribution in [0.15, 0.2) is 65.6 Å². The summed E-state index contributed by atoms with van der Waals surface area (Å²) in [4.78, 5) is 43.7. The van der Waals surface area contributed by atoms with E-state index in [-0.39, 0.29) is 23.7 Å². The number of amides is 2. The average molecular weight is 665 g/mol. The van der Waals surface area contributed by atoms with Gasteiger partial charge in [-0.1, -0.05) is 65.0 Å². The third-order valence-corrected chi connectivity index (χ3v) is 12.3. The third kappa shape index (κ3) is 9.49. The zero-order chi connectivity index (χ0) is 34.4. The fourth-order valence-corrected chi connectivity index (χ4v) is 5.50. The largest absolute Gasteiger partial charge is 0.444 e. The standard InChI is InChI=1S/C32H40F4N4O5Si/c1-20(2)26(27(32(34,35)36)45-46(6,7)31(3,4)5)39-25(41)18-40-28(22-13-15-23(33)16-14-22)37-17-24(29(40)42)38-30(43)44-19-21-11-9-8-10-12-21/h8-17,20,26-27H,18-19H2,1-7H3,(H,38,43)(H,39,41). The van der Waals surface area contributed by atoms with E-state index in [9.17, 15) is 31.9 Å². The molecule has 2 atom stereocenters. The van der Waals surface area contributed by atoms with E-state index in [0.717, 1.165) is 22.9 Å². The summed E-state index contributed by atoms with van der Waals surface area (Å²) >= 11 is 0. The van der Waals surface area contributed by atoms with Gasteiger partial charge in [-0.25, -0.2) is 14.2 Å². The van der Waals surface area contributed by atoms with Gasteiger partial charge in [0.1, 0.15) is 30.5 Å². The fraction of sp³-hybridized carbons (Fsp3) is 0.438. The number of nitrogens with zero attached hydrogens (tertiary/aromatic N) is 2. The van der Waals surface area contributed by atoms with Crippen molar-refractivity contribution in [2.24, 2.45) is 5.92 Å². The highest BCUT2D eigenvalue weighted by Gasteiger charge is 2.52. The second kappa shape index (κ2) is 14.6. The number of carbonyl (C=O) groups excluding carboxylic acids is 2. The highest BCUT2D eigenvalue weighted by Crippen LogP contribution is 2.41. The molecule has 0 saturated carbocycles. The van der Waals surface area contributed by atoms with Crippen LogP contribution in [0.5, 0.6) is 0 Å². The predicted molar refractivity (Wildman–Crippen MR) is 169 cm³/mol. The van der Waals surface area contributed by atoms with E-state index >= 15 is 0 Å². The number of nitrogens with one attached hydrogen (secondary N) is 2. The summed E-state index contributed by atoms with van der Waals surface area (Å²) in [6, 6.07) is 12.2. The van der Waals surface area contributed by atoms with Gasteiger partial charge in [0.15, 0.2) is 14.4 Å². The molecular formula is C32H40F4N4O5Si. The van der Waals surface area contributed by atoms with E-state index in [1.165, 1.54) is 26.0 Å². The van der Waals surface area contributed by atoms with E-state index in [0.29, 0.717) is 5.56 Å². The predicted octanol–water partition coefficient (Wildman–Crippen LogP) is 6.89. The highest BCUT2D eigenvalue weighted by molar-refractivity contribution is 6.74. The lowest BCUT2D eigenvalue weighted by Gasteiger charge is -2.42. The van der Waals surface area contributed by atoms with Crippen molar-refractivity contribution in [3.8, 4) is 11.4 Å². The molecule has 0 spiro atoms. The number of anilines is 1. The van der Waals surface area contributed by atoms with Crippen molar-refractivity contribution in [2.75, 3.05) is 5.32 Å². The van der Waals surface area contributed by atoms with E-state index in [1.807, 2.05) is 20.8 Å². The SMILES string of the molecule is CC(C)C(NC(=O)Cn1c(-c2ccc(F)cc2)ncc(NC(=O)OCc2ccccc2)c1=O)C(O[Si](C)(C)C(C)(C)C)C(F)(F)F. The van der Waals surface area contributed by atoms with Crippen molar-refractivity contribution in [3.05, 3.63) is 82.5 Å². The Hall–Kier alpha value is -4.04. The second-order valence-electron chi connectivity index (χ2n) is 12.8. The second-order valence-corrected chi connectivity index (χ2v) is 17.5. The molecule has 0 bridgehead atoms. The van der Waals surface area contributed by atoms with E-state index in [2.05, 4.69) is 15.6 Å². The minimum absolute atomic E-state index is 0.0747. The maximum absolute atomic E-state index is 14.5. The van der Waals surface area contributed by atoms with Gasteiger partial charge in [-0.3, -0.25) is 19.5 Å². The lowest BCUT2D eigenvalue weighted by molar-refractivity contribution is -0.210. The van der Waals surface area contributed by atoms with Crippen molar-refractivity contribution in [2.45, 2.75) is 84.2 Å². The van der Waals surface area contributed by atoms with Crippen molar-refractivity contribution < 1.29 is 36.3 Å². The lowest BCUT2D eigenvalue weighted by Crippen LogP contribution is -2.59. The van der Waals surface area contributed by atoms with Crippen molar-refractivity contribution >= 4 is 26.0 Å². The first-order valence-corrected chi connectivity index (χ1v) is 17.6. The number of carbonyl (C=O) groups is 2. The topological polar surface area (TPSA) is 112 Å². The number of halogens is 4. The van der Waals surface area contributed by atoms with Crippen molar-refractivity contribution in [3.63, 3.8) is 0 Å². The number of ether oxygens (including phenoxy) is 1. The van der Waals surface area contributed by atoms with Gasteiger partial charge in [-0.05, 0) is 53.9 Å². The normalized spacial score (nSPS) is 13.7. The molecule has 9 nitrogen and oxygen atoms in total. The molecule has 0 aliphatic rings. The number of hydrogen-bond acceptors (Lipinski definition) is 6. The Bertz CT molecular complexity index is 1560. The first kappa shape index (κ1) is 36.4. The minimum atomic E-state index is -4.81. The molecule has 0 saturated heterocycles. The van der Waals surface area contributed by atoms with Gasteiger partial charge in [0.05, 0.1) is 12.2 Å². The molecule has 0 aliphatic heterocycles. The fourth-order valence-electron chi connectivity index (χ4n) is 4.23. The van der Waals surface area contributed by atoms with Crippen LogP contribution < -0.4 is 16.2 Å². The summed E-state index contributed by atoms with van der Waals surface area (Å²) in [7, 11) is -2.95. The molecule has 1 aromatic heterocycles. The van der Waals surface area contributed by atoms with Gasteiger partial charge >= 0.3 is 12.3 Å². The van der Waals surface area contributed by atoms with Crippen LogP contribution in [0.2, 0.25) is 18.1 Å². The molecule has 3 aromatic rings. The minimum Gasteiger partial charge on any atom is -0.444 e. The van der Waals surface area contributed by atoms with Crippen LogP contribution in [0, 0.1) is 11.7 Å². The maximum atomic E-state index is 14.5. The molecule has 0 aliphatic carbocycles. The van der Waals surface area contributed by atoms with Gasteiger partial charge in [-0.15, -0.1) is 0 Å². The summed E-state index contributed by atoms with van der Waals surface area (Å²) in [5, 5.41) is 4.20. The van der Waals surface area contributed by atoms with E-state index < -0.39 is 67.5 Å². The number of rotatable bonds is 11. The van der Waals surface area contributed by atoms with Crippen LogP contribution in [-0.2, 0) is 27.1 Å². The Labute approximate surface area is 266 Å². The van der Waals surface area contributed by atoms with Crippen LogP contribution in [0.3, 0.4) is 0 Å². The van der Waals surface area contributed by atoms with Crippen LogP contribution in [0.25, 0.3) is 11.4 Å². The lowest BCUT2D eigenvalue weighted by atomic mass is 9.98. The zero-order valence-electron chi connectivity index (χ0n) is 26.9. The maximum Gasteiger partial charge on any atom is 0.415 e. The molecule has 0 radical (unpaired) electrons.